The van der Waals surface area contributed by atoms with E-state index in [9.17, 15) is 4.79 Å². The molecule has 0 unspecified atom stereocenters. The summed E-state index contributed by atoms with van der Waals surface area (Å²) in [5, 5.41) is 2.95. The van der Waals surface area contributed by atoms with Crippen LogP contribution in [0.2, 0.25) is 0 Å². The number of rotatable bonds is 4. The minimum Gasteiger partial charge on any atom is -0.493 e. The summed E-state index contributed by atoms with van der Waals surface area (Å²) in [6.07, 6.45) is 3.09. The summed E-state index contributed by atoms with van der Waals surface area (Å²) in [5.41, 5.74) is 9.63. The van der Waals surface area contributed by atoms with Crippen LogP contribution in [0, 0.1) is 0 Å². The number of hydrogen-bond donors (Lipinski definition) is 2. The maximum Gasteiger partial charge on any atom is 0.224 e. The molecule has 0 spiro atoms. The van der Waals surface area contributed by atoms with E-state index in [1.165, 1.54) is 0 Å². The van der Waals surface area contributed by atoms with Gasteiger partial charge in [-0.2, -0.15) is 0 Å². The van der Waals surface area contributed by atoms with Gasteiger partial charge in [0.2, 0.25) is 5.91 Å². The predicted octanol–water partition coefficient (Wildman–Crippen LogP) is 3.17. The Hall–Kier alpha value is -2.49. The lowest BCUT2D eigenvalue weighted by Gasteiger charge is -2.18. The number of carbonyl (C=O) groups excluding carboxylic acids is 1. The summed E-state index contributed by atoms with van der Waals surface area (Å²) in [5.74, 6) is 0.932. The van der Waals surface area contributed by atoms with Crippen molar-refractivity contribution in [1.82, 2.24) is 0 Å². The Morgan fingerprint density at radius 1 is 1.23 bits per heavy atom. The molecule has 0 bridgehead atoms. The number of nitrogens with one attached hydrogen (secondary N) is 1. The molecule has 114 valence electrons. The number of nitrogens with two attached hydrogens (primary N) is 1. The van der Waals surface area contributed by atoms with Crippen molar-refractivity contribution in [3.63, 3.8) is 0 Å². The van der Waals surface area contributed by atoms with Gasteiger partial charge in [0.05, 0.1) is 6.61 Å². The van der Waals surface area contributed by atoms with E-state index in [0.29, 0.717) is 12.8 Å². The van der Waals surface area contributed by atoms with Crippen LogP contribution in [0.15, 0.2) is 42.5 Å². The van der Waals surface area contributed by atoms with Crippen LogP contribution in [0.25, 0.3) is 0 Å². The van der Waals surface area contributed by atoms with Crippen LogP contribution in [0.1, 0.15) is 24.0 Å². The lowest BCUT2D eigenvalue weighted by molar-refractivity contribution is -0.116. The molecule has 0 aliphatic carbocycles. The number of nitrogen functional groups attached to an aromatic ring is 1. The summed E-state index contributed by atoms with van der Waals surface area (Å²) in [4.78, 5) is 12.1. The van der Waals surface area contributed by atoms with Crippen LogP contribution in [-0.2, 0) is 17.6 Å². The van der Waals surface area contributed by atoms with Crippen LogP contribution in [0.5, 0.6) is 5.75 Å². The molecule has 3 N–H and O–H groups in total. The van der Waals surface area contributed by atoms with Gasteiger partial charge in [0.25, 0.3) is 0 Å². The fourth-order valence-corrected chi connectivity index (χ4v) is 2.67. The molecule has 0 atom stereocenters. The first-order chi connectivity index (χ1) is 10.7. The minimum atomic E-state index is -0.0000640. The molecule has 0 saturated heterocycles. The number of aryl methyl sites for hydroxylation is 2. The highest BCUT2D eigenvalue weighted by Gasteiger charge is 2.11. The third kappa shape index (κ3) is 3.39. The van der Waals surface area contributed by atoms with Gasteiger partial charge in [0.15, 0.2) is 0 Å². The molecule has 0 fully saturated rings. The first-order valence-electron chi connectivity index (χ1n) is 7.61. The van der Waals surface area contributed by atoms with Gasteiger partial charge in [-0.15, -0.1) is 0 Å². The molecule has 22 heavy (non-hydrogen) atoms. The van der Waals surface area contributed by atoms with Crippen LogP contribution >= 0.6 is 0 Å². The Morgan fingerprint density at radius 2 is 2.09 bits per heavy atom. The number of para-hydroxylation sites is 1. The normalized spacial score (nSPS) is 13.1. The third-order valence-electron chi connectivity index (χ3n) is 3.87. The SMILES string of the molecule is Nc1ccccc1CCC(=O)Nc1ccc2c(c1)CCCO2. The first kappa shape index (κ1) is 14.4. The second kappa shape index (κ2) is 6.52. The van der Waals surface area contributed by atoms with E-state index in [2.05, 4.69) is 5.32 Å². The van der Waals surface area contributed by atoms with Gasteiger partial charge in [0.1, 0.15) is 5.75 Å². The van der Waals surface area contributed by atoms with Crippen molar-refractivity contribution in [3.8, 4) is 5.75 Å². The van der Waals surface area contributed by atoms with Crippen LogP contribution in [0.3, 0.4) is 0 Å². The molecule has 2 aromatic carbocycles. The molecular formula is C18H20N2O2. The Bertz CT molecular complexity index is 683. The highest BCUT2D eigenvalue weighted by molar-refractivity contribution is 5.91. The quantitative estimate of drug-likeness (QED) is 0.852. The largest absolute Gasteiger partial charge is 0.493 e. The Morgan fingerprint density at radius 3 is 2.95 bits per heavy atom. The van der Waals surface area contributed by atoms with Crippen molar-refractivity contribution in [2.45, 2.75) is 25.7 Å². The summed E-state index contributed by atoms with van der Waals surface area (Å²) in [7, 11) is 0. The summed E-state index contributed by atoms with van der Waals surface area (Å²) in [6.45, 7) is 0.775. The van der Waals surface area contributed by atoms with Crippen molar-refractivity contribution >= 4 is 17.3 Å². The highest BCUT2D eigenvalue weighted by Crippen LogP contribution is 2.27. The predicted molar refractivity (Wildman–Crippen MR) is 88.1 cm³/mol. The summed E-state index contributed by atoms with van der Waals surface area (Å²) < 4.78 is 5.58. The molecule has 0 saturated carbocycles. The smallest absolute Gasteiger partial charge is 0.224 e. The Kier molecular flexibility index (Phi) is 4.28. The summed E-state index contributed by atoms with van der Waals surface area (Å²) in [6, 6.07) is 13.5. The summed E-state index contributed by atoms with van der Waals surface area (Å²) >= 11 is 0. The van der Waals surface area contributed by atoms with Gasteiger partial charge in [-0.05, 0) is 54.7 Å². The first-order valence-corrected chi connectivity index (χ1v) is 7.61. The molecule has 1 aliphatic rings. The number of fused-ring (bicyclic) bond motifs is 1. The van der Waals surface area contributed by atoms with Gasteiger partial charge >= 0.3 is 0 Å². The van der Waals surface area contributed by atoms with Crippen molar-refractivity contribution < 1.29 is 9.53 Å². The number of amides is 1. The molecule has 1 heterocycles. The average molecular weight is 296 g/mol. The van der Waals surface area contributed by atoms with Gasteiger partial charge in [-0.1, -0.05) is 18.2 Å². The molecule has 4 heteroatoms. The van der Waals surface area contributed by atoms with Crippen molar-refractivity contribution in [3.05, 3.63) is 53.6 Å². The maximum atomic E-state index is 12.1. The van der Waals surface area contributed by atoms with E-state index in [1.807, 2.05) is 42.5 Å². The third-order valence-corrected chi connectivity index (χ3v) is 3.87. The van der Waals surface area contributed by atoms with E-state index in [-0.39, 0.29) is 5.91 Å². The molecule has 3 rings (SSSR count). The second-order valence-electron chi connectivity index (χ2n) is 5.52. The van der Waals surface area contributed by atoms with E-state index in [1.54, 1.807) is 0 Å². The van der Waals surface area contributed by atoms with Gasteiger partial charge in [-0.25, -0.2) is 0 Å². The molecule has 1 amide bonds. The second-order valence-corrected chi connectivity index (χ2v) is 5.52. The van der Waals surface area contributed by atoms with Gasteiger partial charge < -0.3 is 15.8 Å². The van der Waals surface area contributed by atoms with Crippen LogP contribution in [-0.4, -0.2) is 12.5 Å². The van der Waals surface area contributed by atoms with Crippen LogP contribution < -0.4 is 15.8 Å². The molecule has 4 nitrogen and oxygen atoms in total. The monoisotopic (exact) mass is 296 g/mol. The standard InChI is InChI=1S/C18H20N2O2/c19-16-6-2-1-4-13(16)7-10-18(21)20-15-8-9-17-14(12-15)5-3-11-22-17/h1-2,4,6,8-9,12H,3,5,7,10-11,19H2,(H,20,21). The number of hydrogen-bond acceptors (Lipinski definition) is 3. The van der Waals surface area contributed by atoms with Crippen LogP contribution in [0.4, 0.5) is 11.4 Å². The lowest BCUT2D eigenvalue weighted by Crippen LogP contribution is -2.14. The maximum absolute atomic E-state index is 12.1. The zero-order valence-corrected chi connectivity index (χ0v) is 12.5. The number of ether oxygens (including phenoxy) is 1. The van der Waals surface area contributed by atoms with E-state index >= 15 is 0 Å². The topological polar surface area (TPSA) is 64.4 Å². The molecule has 0 aromatic heterocycles. The number of benzene rings is 2. The zero-order chi connectivity index (χ0) is 15.4. The van der Waals surface area contributed by atoms with Gasteiger partial charge in [-0.3, -0.25) is 4.79 Å². The van der Waals surface area contributed by atoms with E-state index < -0.39 is 0 Å². The fourth-order valence-electron chi connectivity index (χ4n) is 2.67. The molecule has 0 radical (unpaired) electrons. The van der Waals surface area contributed by atoms with Crippen molar-refractivity contribution in [1.29, 1.82) is 0 Å². The number of anilines is 2. The van der Waals surface area contributed by atoms with E-state index in [0.717, 1.165) is 47.7 Å². The fraction of sp³-hybridized carbons (Fsp3) is 0.278. The van der Waals surface area contributed by atoms with Crippen molar-refractivity contribution in [2.75, 3.05) is 17.7 Å². The number of carbonyl (C=O) groups is 1. The minimum absolute atomic E-state index is 0.0000640. The average Bonchev–Trinajstić information content (AvgIpc) is 2.54. The zero-order valence-electron chi connectivity index (χ0n) is 12.5. The highest BCUT2D eigenvalue weighted by atomic mass is 16.5. The molecule has 2 aromatic rings. The molecule has 1 aliphatic heterocycles. The Labute approximate surface area is 130 Å². The van der Waals surface area contributed by atoms with Crippen molar-refractivity contribution in [2.24, 2.45) is 0 Å². The van der Waals surface area contributed by atoms with Gasteiger partial charge in [0, 0.05) is 17.8 Å². The molecular weight excluding hydrogens is 276 g/mol. The Balaban J connectivity index is 1.59. The van der Waals surface area contributed by atoms with E-state index in [4.69, 9.17) is 10.5 Å². The lowest BCUT2D eigenvalue weighted by atomic mass is 10.1.